The first-order valence-corrected chi connectivity index (χ1v) is 6.78. The fraction of sp³-hybridized carbons (Fsp3) is 0.385. The average molecular weight is 326 g/mol. The molecule has 102 valence electrons. The first-order valence-electron chi connectivity index (χ1n) is 5.98. The standard InChI is InChI=1S/C13H16BrN3O2/c1-8(2)19-10-6-4-9(5-7-10)12(18)11-13(14)15-16-17(11)3/h4-8,12,18H,1-3H3. The Balaban J connectivity index is 2.23. The number of nitrogens with zero attached hydrogens (tertiary/aromatic N) is 3. The quantitative estimate of drug-likeness (QED) is 0.938. The molecule has 0 spiro atoms. The number of aliphatic hydroxyl groups is 1. The van der Waals surface area contributed by atoms with Crippen molar-refractivity contribution in [2.45, 2.75) is 26.1 Å². The van der Waals surface area contributed by atoms with Crippen LogP contribution in [0.15, 0.2) is 28.9 Å². The molecule has 19 heavy (non-hydrogen) atoms. The van der Waals surface area contributed by atoms with Crippen molar-refractivity contribution >= 4 is 15.9 Å². The summed E-state index contributed by atoms with van der Waals surface area (Å²) in [7, 11) is 1.74. The van der Waals surface area contributed by atoms with E-state index in [9.17, 15) is 5.11 Å². The van der Waals surface area contributed by atoms with E-state index < -0.39 is 6.10 Å². The van der Waals surface area contributed by atoms with Gasteiger partial charge in [-0.05, 0) is 47.5 Å². The monoisotopic (exact) mass is 325 g/mol. The number of hydrogen-bond donors (Lipinski definition) is 1. The lowest BCUT2D eigenvalue weighted by Gasteiger charge is -2.13. The first-order chi connectivity index (χ1) is 8.99. The van der Waals surface area contributed by atoms with Crippen LogP contribution in [0.5, 0.6) is 5.75 Å². The fourth-order valence-electron chi connectivity index (χ4n) is 1.79. The molecule has 1 aromatic carbocycles. The van der Waals surface area contributed by atoms with Crippen LogP contribution in [0.4, 0.5) is 0 Å². The number of aliphatic hydroxyl groups excluding tert-OH is 1. The summed E-state index contributed by atoms with van der Waals surface area (Å²) in [6, 6.07) is 7.36. The van der Waals surface area contributed by atoms with Gasteiger partial charge in [0.05, 0.1) is 6.10 Å². The zero-order valence-electron chi connectivity index (χ0n) is 11.0. The Morgan fingerprint density at radius 3 is 2.37 bits per heavy atom. The van der Waals surface area contributed by atoms with Gasteiger partial charge in [-0.15, -0.1) is 5.10 Å². The third kappa shape index (κ3) is 3.13. The van der Waals surface area contributed by atoms with Gasteiger partial charge in [-0.25, -0.2) is 4.68 Å². The van der Waals surface area contributed by atoms with Gasteiger partial charge in [0.15, 0.2) is 4.60 Å². The van der Waals surface area contributed by atoms with Gasteiger partial charge in [0, 0.05) is 7.05 Å². The topological polar surface area (TPSA) is 60.2 Å². The molecule has 0 aliphatic carbocycles. The summed E-state index contributed by atoms with van der Waals surface area (Å²) < 4.78 is 7.66. The van der Waals surface area contributed by atoms with E-state index in [-0.39, 0.29) is 6.10 Å². The highest BCUT2D eigenvalue weighted by Crippen LogP contribution is 2.27. The molecule has 0 saturated carbocycles. The van der Waals surface area contributed by atoms with E-state index in [0.29, 0.717) is 10.3 Å². The predicted octanol–water partition coefficient (Wildman–Crippen LogP) is 2.45. The highest BCUT2D eigenvalue weighted by Gasteiger charge is 2.19. The molecule has 6 heteroatoms. The molecule has 0 fully saturated rings. The van der Waals surface area contributed by atoms with Crippen LogP contribution in [0.25, 0.3) is 0 Å². The van der Waals surface area contributed by atoms with Crippen LogP contribution in [0.1, 0.15) is 31.2 Å². The van der Waals surface area contributed by atoms with E-state index >= 15 is 0 Å². The Hall–Kier alpha value is -1.40. The Labute approximate surface area is 120 Å². The van der Waals surface area contributed by atoms with Crippen LogP contribution >= 0.6 is 15.9 Å². The molecule has 0 radical (unpaired) electrons. The number of rotatable bonds is 4. The summed E-state index contributed by atoms with van der Waals surface area (Å²) in [5, 5.41) is 18.1. The molecule has 1 aromatic heterocycles. The second kappa shape index (κ2) is 5.71. The van der Waals surface area contributed by atoms with Gasteiger partial charge >= 0.3 is 0 Å². The second-order valence-corrected chi connectivity index (χ2v) is 5.28. The summed E-state index contributed by atoms with van der Waals surface area (Å²) in [5.41, 5.74) is 1.39. The maximum Gasteiger partial charge on any atom is 0.154 e. The van der Waals surface area contributed by atoms with Crippen molar-refractivity contribution in [1.82, 2.24) is 15.0 Å². The molecular weight excluding hydrogens is 310 g/mol. The Morgan fingerprint density at radius 1 is 1.26 bits per heavy atom. The van der Waals surface area contributed by atoms with Gasteiger partial charge in [0.2, 0.25) is 0 Å². The van der Waals surface area contributed by atoms with Crippen LogP contribution < -0.4 is 4.74 Å². The van der Waals surface area contributed by atoms with Crippen LogP contribution in [-0.2, 0) is 7.05 Å². The molecular formula is C13H16BrN3O2. The lowest BCUT2D eigenvalue weighted by atomic mass is 10.1. The molecule has 1 unspecified atom stereocenters. The lowest BCUT2D eigenvalue weighted by Crippen LogP contribution is -2.08. The van der Waals surface area contributed by atoms with E-state index in [1.807, 2.05) is 38.1 Å². The van der Waals surface area contributed by atoms with Crippen molar-refractivity contribution in [1.29, 1.82) is 0 Å². The zero-order chi connectivity index (χ0) is 14.0. The number of halogens is 1. The average Bonchev–Trinajstić information content (AvgIpc) is 2.68. The van der Waals surface area contributed by atoms with Gasteiger partial charge in [-0.1, -0.05) is 17.3 Å². The Kier molecular flexibility index (Phi) is 4.21. The molecule has 0 bridgehead atoms. The third-order valence-electron chi connectivity index (χ3n) is 2.65. The fourth-order valence-corrected chi connectivity index (χ4v) is 2.33. The number of hydrogen-bond acceptors (Lipinski definition) is 4. The van der Waals surface area contributed by atoms with Crippen LogP contribution in [0.2, 0.25) is 0 Å². The predicted molar refractivity (Wildman–Crippen MR) is 75.0 cm³/mol. The van der Waals surface area contributed by atoms with Gasteiger partial charge in [0.1, 0.15) is 17.5 Å². The van der Waals surface area contributed by atoms with Crippen LogP contribution in [0, 0.1) is 0 Å². The summed E-state index contributed by atoms with van der Waals surface area (Å²) in [5.74, 6) is 0.785. The van der Waals surface area contributed by atoms with E-state index in [4.69, 9.17) is 4.74 Å². The van der Waals surface area contributed by atoms with E-state index in [2.05, 4.69) is 26.2 Å². The second-order valence-electron chi connectivity index (χ2n) is 4.53. The van der Waals surface area contributed by atoms with E-state index in [0.717, 1.165) is 11.3 Å². The maximum atomic E-state index is 10.3. The molecule has 1 heterocycles. The number of aryl methyl sites for hydroxylation is 1. The largest absolute Gasteiger partial charge is 0.491 e. The van der Waals surface area contributed by atoms with Crippen molar-refractivity contribution in [2.24, 2.45) is 7.05 Å². The highest BCUT2D eigenvalue weighted by molar-refractivity contribution is 9.10. The van der Waals surface area contributed by atoms with Gasteiger partial charge in [0.25, 0.3) is 0 Å². The molecule has 0 amide bonds. The van der Waals surface area contributed by atoms with Crippen molar-refractivity contribution in [3.8, 4) is 5.75 Å². The molecule has 5 nitrogen and oxygen atoms in total. The molecule has 0 aliphatic rings. The number of aromatic nitrogens is 3. The number of benzene rings is 1. The van der Waals surface area contributed by atoms with E-state index in [1.165, 1.54) is 0 Å². The first kappa shape index (κ1) is 14.0. The highest BCUT2D eigenvalue weighted by atomic mass is 79.9. The Bertz CT molecular complexity index is 532. The molecule has 0 saturated heterocycles. The SMILES string of the molecule is CC(C)Oc1ccc(C(O)c2c(Br)nnn2C)cc1. The maximum absolute atomic E-state index is 10.3. The number of ether oxygens (including phenoxy) is 1. The minimum Gasteiger partial charge on any atom is -0.491 e. The minimum absolute atomic E-state index is 0.131. The minimum atomic E-state index is -0.775. The molecule has 1 N–H and O–H groups in total. The van der Waals surface area contributed by atoms with Crippen LogP contribution in [0.3, 0.4) is 0 Å². The zero-order valence-corrected chi connectivity index (χ0v) is 12.6. The van der Waals surface area contributed by atoms with Crippen molar-refractivity contribution in [2.75, 3.05) is 0 Å². The van der Waals surface area contributed by atoms with Crippen LogP contribution in [-0.4, -0.2) is 26.2 Å². The normalized spacial score (nSPS) is 12.7. The van der Waals surface area contributed by atoms with Gasteiger partial charge < -0.3 is 9.84 Å². The van der Waals surface area contributed by atoms with Crippen molar-refractivity contribution in [3.63, 3.8) is 0 Å². The Morgan fingerprint density at radius 2 is 1.89 bits per heavy atom. The molecule has 2 aromatic rings. The summed E-state index contributed by atoms with van der Waals surface area (Å²) in [4.78, 5) is 0. The van der Waals surface area contributed by atoms with E-state index in [1.54, 1.807) is 11.7 Å². The van der Waals surface area contributed by atoms with Crippen molar-refractivity contribution < 1.29 is 9.84 Å². The smallest absolute Gasteiger partial charge is 0.154 e. The summed E-state index contributed by atoms with van der Waals surface area (Å²) in [6.07, 6.45) is -0.645. The third-order valence-corrected chi connectivity index (χ3v) is 3.22. The van der Waals surface area contributed by atoms with Gasteiger partial charge in [-0.3, -0.25) is 0 Å². The molecule has 1 atom stereocenters. The molecule has 0 aliphatic heterocycles. The lowest BCUT2D eigenvalue weighted by molar-refractivity contribution is 0.208. The van der Waals surface area contributed by atoms with Crippen molar-refractivity contribution in [3.05, 3.63) is 40.1 Å². The summed E-state index contributed by atoms with van der Waals surface area (Å²) in [6.45, 7) is 3.95. The molecule has 2 rings (SSSR count). The van der Waals surface area contributed by atoms with Gasteiger partial charge in [-0.2, -0.15) is 0 Å². The summed E-state index contributed by atoms with van der Waals surface area (Å²) >= 11 is 3.28.